The average Bonchev–Trinajstić information content (AvgIpc) is 3.35. The van der Waals surface area contributed by atoms with E-state index in [1.807, 2.05) is 24.3 Å². The Kier molecular flexibility index (Phi) is 5.55. The summed E-state index contributed by atoms with van der Waals surface area (Å²) >= 11 is 6.09. The number of benzene rings is 2. The van der Waals surface area contributed by atoms with Crippen LogP contribution in [0.4, 0.5) is 5.95 Å². The van der Waals surface area contributed by atoms with Crippen LogP contribution in [0.1, 0.15) is 23.2 Å². The number of aromatic nitrogens is 2. The highest BCUT2D eigenvalue weighted by molar-refractivity contribution is 7.89. The van der Waals surface area contributed by atoms with Crippen LogP contribution in [0, 0.1) is 0 Å². The molecular formula is C19H19ClN4O4S. The van der Waals surface area contributed by atoms with Crippen LogP contribution in [0.25, 0.3) is 11.0 Å². The molecule has 3 N–H and O–H groups in total. The number of sulfonamides is 1. The number of amides is 1. The lowest BCUT2D eigenvalue weighted by Gasteiger charge is -2.13. The van der Waals surface area contributed by atoms with Crippen LogP contribution >= 0.6 is 11.6 Å². The number of nitrogens with zero attached hydrogens (tertiary/aromatic N) is 1. The van der Waals surface area contributed by atoms with Crippen molar-refractivity contribution in [2.45, 2.75) is 23.8 Å². The number of carbonyl (C=O) groups is 1. The number of aromatic amines is 1. The summed E-state index contributed by atoms with van der Waals surface area (Å²) in [5.41, 5.74) is 1.63. The molecule has 1 aliphatic rings. The van der Waals surface area contributed by atoms with E-state index in [0.717, 1.165) is 18.4 Å². The summed E-state index contributed by atoms with van der Waals surface area (Å²) in [6.07, 6.45) is 1.56. The fraction of sp³-hybridized carbons (Fsp3) is 0.263. The monoisotopic (exact) mass is 434 g/mol. The Morgan fingerprint density at radius 1 is 1.28 bits per heavy atom. The van der Waals surface area contributed by atoms with Gasteiger partial charge in [0.2, 0.25) is 16.0 Å². The number of rotatable bonds is 6. The van der Waals surface area contributed by atoms with Crippen LogP contribution in [0.3, 0.4) is 0 Å². The van der Waals surface area contributed by atoms with Gasteiger partial charge in [0, 0.05) is 18.7 Å². The second kappa shape index (κ2) is 8.11. The van der Waals surface area contributed by atoms with Crippen molar-refractivity contribution in [1.82, 2.24) is 14.7 Å². The van der Waals surface area contributed by atoms with Gasteiger partial charge >= 0.3 is 0 Å². The van der Waals surface area contributed by atoms with Gasteiger partial charge in [-0.15, -0.1) is 0 Å². The van der Waals surface area contributed by atoms with Crippen molar-refractivity contribution < 1.29 is 17.9 Å². The predicted octanol–water partition coefficient (Wildman–Crippen LogP) is 2.93. The molecule has 0 bridgehead atoms. The normalized spacial score (nSPS) is 16.9. The summed E-state index contributed by atoms with van der Waals surface area (Å²) in [5, 5.41) is 2.67. The second-order valence-corrected chi connectivity index (χ2v) is 8.83. The summed E-state index contributed by atoms with van der Waals surface area (Å²) < 4.78 is 33.3. The number of hydrogen-bond donors (Lipinski definition) is 3. The van der Waals surface area contributed by atoms with E-state index < -0.39 is 15.9 Å². The lowest BCUT2D eigenvalue weighted by Crippen LogP contribution is -2.32. The van der Waals surface area contributed by atoms with Crippen LogP contribution in [0.5, 0.6) is 0 Å². The Morgan fingerprint density at radius 3 is 2.86 bits per heavy atom. The maximum Gasteiger partial charge on any atom is 0.258 e. The van der Waals surface area contributed by atoms with Gasteiger partial charge in [-0.25, -0.2) is 18.1 Å². The van der Waals surface area contributed by atoms with Gasteiger partial charge in [0.1, 0.15) is 4.90 Å². The molecule has 8 nitrogen and oxygen atoms in total. The Bertz CT molecular complexity index is 1120. The number of anilines is 1. The molecule has 1 saturated heterocycles. The molecule has 0 spiro atoms. The third kappa shape index (κ3) is 4.43. The van der Waals surface area contributed by atoms with Crippen molar-refractivity contribution in [3.63, 3.8) is 0 Å². The SMILES string of the molecule is O=C(Nc1nc2ccccc2[nH]1)c1ccc(Cl)c(S(=O)(=O)NCC2CCCO2)c1. The van der Waals surface area contributed by atoms with Crippen molar-refractivity contribution in [3.8, 4) is 0 Å². The zero-order chi connectivity index (χ0) is 20.4. The number of ether oxygens (including phenoxy) is 1. The highest BCUT2D eigenvalue weighted by Gasteiger charge is 2.23. The molecule has 1 atom stereocenters. The average molecular weight is 435 g/mol. The quantitative estimate of drug-likeness (QED) is 0.552. The van der Waals surface area contributed by atoms with Crippen molar-refractivity contribution in [3.05, 3.63) is 53.1 Å². The molecule has 4 rings (SSSR count). The minimum atomic E-state index is -3.89. The molecule has 1 aliphatic heterocycles. The Balaban J connectivity index is 1.52. The van der Waals surface area contributed by atoms with E-state index in [4.69, 9.17) is 16.3 Å². The summed E-state index contributed by atoms with van der Waals surface area (Å²) in [7, 11) is -3.89. The molecule has 1 aromatic heterocycles. The smallest absolute Gasteiger partial charge is 0.258 e. The Labute approximate surface area is 172 Å². The van der Waals surface area contributed by atoms with Crippen molar-refractivity contribution in [1.29, 1.82) is 0 Å². The molecule has 1 amide bonds. The maximum atomic E-state index is 12.7. The number of halogens is 1. The Morgan fingerprint density at radius 2 is 2.10 bits per heavy atom. The van der Waals surface area contributed by atoms with E-state index in [1.165, 1.54) is 18.2 Å². The molecule has 2 heterocycles. The molecule has 0 radical (unpaired) electrons. The first-order valence-electron chi connectivity index (χ1n) is 9.09. The van der Waals surface area contributed by atoms with Crippen LogP contribution < -0.4 is 10.0 Å². The predicted molar refractivity (Wildman–Crippen MR) is 110 cm³/mol. The topological polar surface area (TPSA) is 113 Å². The molecule has 29 heavy (non-hydrogen) atoms. The summed E-state index contributed by atoms with van der Waals surface area (Å²) in [4.78, 5) is 19.7. The standard InChI is InChI=1S/C19H19ClN4O4S/c20-14-8-7-12(10-17(14)29(26,27)21-11-13-4-3-9-28-13)18(25)24-19-22-15-5-1-2-6-16(15)23-19/h1-2,5-8,10,13,21H,3-4,9,11H2,(H2,22,23,24,25). The van der Waals surface area contributed by atoms with Crippen molar-refractivity contribution >= 4 is 44.5 Å². The molecule has 1 unspecified atom stereocenters. The van der Waals surface area contributed by atoms with E-state index in [9.17, 15) is 13.2 Å². The minimum Gasteiger partial charge on any atom is -0.377 e. The number of fused-ring (bicyclic) bond motifs is 1. The van der Waals surface area contributed by atoms with Gasteiger partial charge < -0.3 is 9.72 Å². The fourth-order valence-electron chi connectivity index (χ4n) is 3.13. The highest BCUT2D eigenvalue weighted by Crippen LogP contribution is 2.24. The molecule has 152 valence electrons. The fourth-order valence-corrected chi connectivity index (χ4v) is 4.72. The van der Waals surface area contributed by atoms with Gasteiger partial charge in [-0.1, -0.05) is 23.7 Å². The molecule has 1 fully saturated rings. The Hall–Kier alpha value is -2.46. The summed E-state index contributed by atoms with van der Waals surface area (Å²) in [5.74, 6) is -0.233. The van der Waals surface area contributed by atoms with E-state index in [1.54, 1.807) is 0 Å². The first-order chi connectivity index (χ1) is 13.9. The van der Waals surface area contributed by atoms with Crippen LogP contribution in [0.2, 0.25) is 5.02 Å². The summed E-state index contributed by atoms with van der Waals surface area (Å²) in [6, 6.07) is 11.4. The largest absolute Gasteiger partial charge is 0.377 e. The zero-order valence-corrected chi connectivity index (χ0v) is 16.9. The molecule has 0 saturated carbocycles. The lowest BCUT2D eigenvalue weighted by molar-refractivity contribution is 0.102. The molecular weight excluding hydrogens is 416 g/mol. The third-order valence-electron chi connectivity index (χ3n) is 4.63. The molecule has 0 aliphatic carbocycles. The van der Waals surface area contributed by atoms with Gasteiger partial charge in [-0.2, -0.15) is 0 Å². The van der Waals surface area contributed by atoms with Gasteiger partial charge in [0.05, 0.1) is 22.2 Å². The number of para-hydroxylation sites is 2. The molecule has 3 aromatic rings. The van der Waals surface area contributed by atoms with Gasteiger partial charge in [0.15, 0.2) is 0 Å². The third-order valence-corrected chi connectivity index (χ3v) is 6.53. The first-order valence-corrected chi connectivity index (χ1v) is 11.0. The lowest BCUT2D eigenvalue weighted by atomic mass is 10.2. The van der Waals surface area contributed by atoms with E-state index in [0.29, 0.717) is 12.1 Å². The minimum absolute atomic E-state index is 0.0325. The van der Waals surface area contributed by atoms with Crippen LogP contribution in [-0.2, 0) is 14.8 Å². The van der Waals surface area contributed by atoms with E-state index in [2.05, 4.69) is 20.0 Å². The van der Waals surface area contributed by atoms with Crippen LogP contribution in [-0.4, -0.2) is 43.5 Å². The molecule has 10 heteroatoms. The van der Waals surface area contributed by atoms with Gasteiger partial charge in [-0.05, 0) is 43.2 Å². The zero-order valence-electron chi connectivity index (χ0n) is 15.3. The maximum absolute atomic E-state index is 12.7. The number of carbonyl (C=O) groups excluding carboxylic acids is 1. The van der Waals surface area contributed by atoms with Crippen molar-refractivity contribution in [2.75, 3.05) is 18.5 Å². The highest BCUT2D eigenvalue weighted by atomic mass is 35.5. The number of hydrogen-bond acceptors (Lipinski definition) is 5. The van der Waals surface area contributed by atoms with Crippen molar-refractivity contribution in [2.24, 2.45) is 0 Å². The second-order valence-electron chi connectivity index (χ2n) is 6.69. The van der Waals surface area contributed by atoms with E-state index in [-0.39, 0.29) is 34.1 Å². The number of H-pyrrole nitrogens is 1. The van der Waals surface area contributed by atoms with Gasteiger partial charge in [-0.3, -0.25) is 10.1 Å². The first kappa shape index (κ1) is 19.8. The van der Waals surface area contributed by atoms with Gasteiger partial charge in [0.25, 0.3) is 5.91 Å². The number of imidazole rings is 1. The van der Waals surface area contributed by atoms with E-state index >= 15 is 0 Å². The molecule has 2 aromatic carbocycles. The van der Waals surface area contributed by atoms with Crippen LogP contribution in [0.15, 0.2) is 47.4 Å². The number of nitrogens with one attached hydrogen (secondary N) is 3. The summed E-state index contributed by atoms with van der Waals surface area (Å²) in [6.45, 7) is 0.790.